The van der Waals surface area contributed by atoms with Crippen LogP contribution < -0.4 is 14.8 Å². The maximum absolute atomic E-state index is 11.3. The van der Waals surface area contributed by atoms with Crippen molar-refractivity contribution in [3.05, 3.63) is 24.3 Å². The quantitative estimate of drug-likeness (QED) is 0.722. The number of methoxy groups -OCH3 is 1. The minimum atomic E-state index is 0.0928. The number of nitrogens with one attached hydrogen (secondary N) is 1. The van der Waals surface area contributed by atoms with Crippen molar-refractivity contribution < 1.29 is 14.3 Å². The summed E-state index contributed by atoms with van der Waals surface area (Å²) in [6, 6.07) is 7.37. The Morgan fingerprint density at radius 1 is 1.22 bits per heavy atom. The van der Waals surface area contributed by atoms with Crippen LogP contribution in [0.15, 0.2) is 24.3 Å². The fraction of sp³-hybridized carbons (Fsp3) is 0.500. The first-order chi connectivity index (χ1) is 8.76. The molecule has 0 fully saturated rings. The molecule has 0 aliphatic carbocycles. The average molecular weight is 251 g/mol. The number of carbonyl (C=O) groups is 1. The Kier molecular flexibility index (Phi) is 6.69. The number of unbranched alkanes of at least 4 members (excludes halogenated alkanes) is 1. The zero-order chi connectivity index (χ0) is 13.2. The molecule has 0 atom stereocenters. The number of ether oxygens (including phenoxy) is 2. The van der Waals surface area contributed by atoms with Crippen molar-refractivity contribution in [3.63, 3.8) is 0 Å². The SMILES string of the molecule is CCCCC(=O)NCCOc1ccc(OC)cc1. The highest BCUT2D eigenvalue weighted by molar-refractivity contribution is 5.75. The third kappa shape index (κ3) is 5.57. The van der Waals surface area contributed by atoms with Gasteiger partial charge in [-0.15, -0.1) is 0 Å². The van der Waals surface area contributed by atoms with Crippen LogP contribution in [-0.4, -0.2) is 26.2 Å². The molecule has 0 aliphatic heterocycles. The third-order valence-electron chi connectivity index (χ3n) is 2.51. The lowest BCUT2D eigenvalue weighted by Crippen LogP contribution is -2.27. The highest BCUT2D eigenvalue weighted by Gasteiger charge is 1.99. The van der Waals surface area contributed by atoms with Crippen LogP contribution in [0.1, 0.15) is 26.2 Å². The number of amides is 1. The largest absolute Gasteiger partial charge is 0.497 e. The van der Waals surface area contributed by atoms with Crippen molar-refractivity contribution in [1.82, 2.24) is 5.32 Å². The maximum Gasteiger partial charge on any atom is 0.220 e. The summed E-state index contributed by atoms with van der Waals surface area (Å²) in [6.07, 6.45) is 2.57. The van der Waals surface area contributed by atoms with Crippen molar-refractivity contribution in [3.8, 4) is 11.5 Å². The van der Waals surface area contributed by atoms with Crippen molar-refractivity contribution >= 4 is 5.91 Å². The second kappa shape index (κ2) is 8.39. The first kappa shape index (κ1) is 14.4. The molecular weight excluding hydrogens is 230 g/mol. The molecule has 4 heteroatoms. The van der Waals surface area contributed by atoms with E-state index in [1.54, 1.807) is 7.11 Å². The van der Waals surface area contributed by atoms with Gasteiger partial charge in [0, 0.05) is 6.42 Å². The topological polar surface area (TPSA) is 47.6 Å². The van der Waals surface area contributed by atoms with Gasteiger partial charge in [-0.2, -0.15) is 0 Å². The van der Waals surface area contributed by atoms with E-state index in [0.29, 0.717) is 19.6 Å². The first-order valence-electron chi connectivity index (χ1n) is 6.29. The molecule has 1 aromatic rings. The van der Waals surface area contributed by atoms with Crippen LogP contribution in [0, 0.1) is 0 Å². The zero-order valence-corrected chi connectivity index (χ0v) is 11.1. The Bertz CT molecular complexity index is 349. The molecule has 100 valence electrons. The summed E-state index contributed by atoms with van der Waals surface area (Å²) in [5.74, 6) is 1.67. The highest BCUT2D eigenvalue weighted by Crippen LogP contribution is 2.16. The molecule has 1 amide bonds. The second-order valence-electron chi connectivity index (χ2n) is 3.98. The number of hydrogen-bond donors (Lipinski definition) is 1. The Balaban J connectivity index is 2.15. The molecule has 18 heavy (non-hydrogen) atoms. The fourth-order valence-corrected chi connectivity index (χ4v) is 1.46. The summed E-state index contributed by atoms with van der Waals surface area (Å²) < 4.78 is 10.5. The predicted molar refractivity (Wildman–Crippen MR) is 71.0 cm³/mol. The molecule has 0 aromatic heterocycles. The molecule has 0 spiro atoms. The van der Waals surface area contributed by atoms with Crippen LogP contribution in [0.3, 0.4) is 0 Å². The smallest absolute Gasteiger partial charge is 0.220 e. The van der Waals surface area contributed by atoms with E-state index in [-0.39, 0.29) is 5.91 Å². The number of carbonyl (C=O) groups excluding carboxylic acids is 1. The summed E-state index contributed by atoms with van der Waals surface area (Å²) in [7, 11) is 1.63. The Morgan fingerprint density at radius 3 is 2.50 bits per heavy atom. The number of benzene rings is 1. The van der Waals surface area contributed by atoms with Crippen molar-refractivity contribution in [1.29, 1.82) is 0 Å². The van der Waals surface area contributed by atoms with E-state index < -0.39 is 0 Å². The van der Waals surface area contributed by atoms with Crippen LogP contribution >= 0.6 is 0 Å². The van der Waals surface area contributed by atoms with Gasteiger partial charge in [-0.3, -0.25) is 4.79 Å². The Morgan fingerprint density at radius 2 is 1.89 bits per heavy atom. The molecule has 0 bridgehead atoms. The van der Waals surface area contributed by atoms with E-state index in [4.69, 9.17) is 9.47 Å². The average Bonchev–Trinajstić information content (AvgIpc) is 2.42. The van der Waals surface area contributed by atoms with Crippen LogP contribution in [0.25, 0.3) is 0 Å². The molecule has 4 nitrogen and oxygen atoms in total. The lowest BCUT2D eigenvalue weighted by Gasteiger charge is -2.08. The van der Waals surface area contributed by atoms with E-state index in [2.05, 4.69) is 12.2 Å². The molecule has 0 unspecified atom stereocenters. The molecule has 1 rings (SSSR count). The Hall–Kier alpha value is -1.71. The van der Waals surface area contributed by atoms with Gasteiger partial charge < -0.3 is 14.8 Å². The molecular formula is C14H21NO3. The van der Waals surface area contributed by atoms with E-state index >= 15 is 0 Å². The molecule has 1 N–H and O–H groups in total. The summed E-state index contributed by atoms with van der Waals surface area (Å²) in [5, 5.41) is 2.82. The minimum absolute atomic E-state index is 0.0928. The van der Waals surface area contributed by atoms with Gasteiger partial charge in [0.2, 0.25) is 5.91 Å². The predicted octanol–water partition coefficient (Wildman–Crippen LogP) is 2.38. The summed E-state index contributed by atoms with van der Waals surface area (Å²) in [5.41, 5.74) is 0. The van der Waals surface area contributed by atoms with E-state index in [0.717, 1.165) is 24.3 Å². The van der Waals surface area contributed by atoms with Gasteiger partial charge in [0.1, 0.15) is 18.1 Å². The molecule has 1 aromatic carbocycles. The van der Waals surface area contributed by atoms with E-state index in [1.165, 1.54) is 0 Å². The molecule has 0 radical (unpaired) electrons. The lowest BCUT2D eigenvalue weighted by molar-refractivity contribution is -0.121. The summed E-state index contributed by atoms with van der Waals surface area (Å²) in [4.78, 5) is 11.3. The Labute approximate surface area is 108 Å². The standard InChI is InChI=1S/C14H21NO3/c1-3-4-5-14(16)15-10-11-18-13-8-6-12(17-2)7-9-13/h6-9H,3-5,10-11H2,1-2H3,(H,15,16). The van der Waals surface area contributed by atoms with Gasteiger partial charge >= 0.3 is 0 Å². The normalized spacial score (nSPS) is 9.89. The maximum atomic E-state index is 11.3. The van der Waals surface area contributed by atoms with Crippen LogP contribution in [-0.2, 0) is 4.79 Å². The second-order valence-corrected chi connectivity index (χ2v) is 3.98. The van der Waals surface area contributed by atoms with E-state index in [1.807, 2.05) is 24.3 Å². The van der Waals surface area contributed by atoms with Gasteiger partial charge in [-0.25, -0.2) is 0 Å². The van der Waals surface area contributed by atoms with Crippen molar-refractivity contribution in [2.45, 2.75) is 26.2 Å². The van der Waals surface area contributed by atoms with Gasteiger partial charge in [0.15, 0.2) is 0 Å². The first-order valence-corrected chi connectivity index (χ1v) is 6.29. The minimum Gasteiger partial charge on any atom is -0.497 e. The summed E-state index contributed by atoms with van der Waals surface area (Å²) >= 11 is 0. The molecule has 0 saturated carbocycles. The zero-order valence-electron chi connectivity index (χ0n) is 11.1. The number of hydrogen-bond acceptors (Lipinski definition) is 3. The third-order valence-corrected chi connectivity index (χ3v) is 2.51. The lowest BCUT2D eigenvalue weighted by atomic mass is 10.2. The van der Waals surface area contributed by atoms with Crippen molar-refractivity contribution in [2.24, 2.45) is 0 Å². The molecule has 0 saturated heterocycles. The van der Waals surface area contributed by atoms with Crippen LogP contribution in [0.5, 0.6) is 11.5 Å². The van der Waals surface area contributed by atoms with E-state index in [9.17, 15) is 4.79 Å². The van der Waals surface area contributed by atoms with Gasteiger partial charge in [0.25, 0.3) is 0 Å². The highest BCUT2D eigenvalue weighted by atomic mass is 16.5. The monoisotopic (exact) mass is 251 g/mol. The number of rotatable bonds is 8. The fourth-order valence-electron chi connectivity index (χ4n) is 1.46. The molecule has 0 heterocycles. The van der Waals surface area contributed by atoms with Crippen LogP contribution in [0.2, 0.25) is 0 Å². The van der Waals surface area contributed by atoms with Crippen molar-refractivity contribution in [2.75, 3.05) is 20.3 Å². The van der Waals surface area contributed by atoms with Gasteiger partial charge in [-0.1, -0.05) is 13.3 Å². The molecule has 0 aliphatic rings. The van der Waals surface area contributed by atoms with Gasteiger partial charge in [-0.05, 0) is 30.7 Å². The summed E-state index contributed by atoms with van der Waals surface area (Å²) in [6.45, 7) is 3.08. The van der Waals surface area contributed by atoms with Gasteiger partial charge in [0.05, 0.1) is 13.7 Å². The van der Waals surface area contributed by atoms with Crippen LogP contribution in [0.4, 0.5) is 0 Å².